The molecule has 4 nitrogen and oxygen atoms in total. The third-order valence-corrected chi connectivity index (χ3v) is 4.17. The van der Waals surface area contributed by atoms with Gasteiger partial charge in [-0.1, -0.05) is 54.1 Å². The summed E-state index contributed by atoms with van der Waals surface area (Å²) < 4.78 is 39.4. The van der Waals surface area contributed by atoms with Crippen molar-refractivity contribution in [1.82, 2.24) is 5.01 Å². The number of nitrogens with zero attached hydrogens (tertiary/aromatic N) is 2. The molecule has 8 heteroatoms. The molecule has 1 amide bonds. The Kier molecular flexibility index (Phi) is 4.30. The molecule has 1 aliphatic rings. The molecule has 0 saturated heterocycles. The van der Waals surface area contributed by atoms with Crippen molar-refractivity contribution >= 4 is 23.2 Å². The Bertz CT molecular complexity index is 839. The van der Waals surface area contributed by atoms with E-state index in [2.05, 4.69) is 5.10 Å². The van der Waals surface area contributed by atoms with Gasteiger partial charge < -0.3 is 5.11 Å². The Balaban J connectivity index is 2.10. The second kappa shape index (κ2) is 6.16. The van der Waals surface area contributed by atoms with Gasteiger partial charge in [-0.15, -0.1) is 0 Å². The van der Waals surface area contributed by atoms with Crippen LogP contribution in [0.25, 0.3) is 0 Å². The molecule has 2 aromatic rings. The number of halogens is 4. The minimum atomic E-state index is -4.77. The molecule has 0 bridgehead atoms. The van der Waals surface area contributed by atoms with E-state index in [0.717, 1.165) is 0 Å². The molecule has 0 radical (unpaired) electrons. The topological polar surface area (TPSA) is 52.9 Å². The van der Waals surface area contributed by atoms with E-state index in [4.69, 9.17) is 11.6 Å². The van der Waals surface area contributed by atoms with E-state index in [1.807, 2.05) is 0 Å². The van der Waals surface area contributed by atoms with Crippen LogP contribution in [0.4, 0.5) is 13.2 Å². The van der Waals surface area contributed by atoms with Crippen molar-refractivity contribution in [2.75, 3.05) is 0 Å². The molecule has 0 fully saturated rings. The van der Waals surface area contributed by atoms with Gasteiger partial charge in [0.1, 0.15) is 5.71 Å². The number of carbonyl (C=O) groups excluding carboxylic acids is 1. The van der Waals surface area contributed by atoms with Crippen molar-refractivity contribution in [2.45, 2.75) is 18.3 Å². The first kappa shape index (κ1) is 17.4. The van der Waals surface area contributed by atoms with Crippen LogP contribution >= 0.6 is 11.6 Å². The smallest absolute Gasteiger partial charge is 0.365 e. The van der Waals surface area contributed by atoms with Gasteiger partial charge in [-0.05, 0) is 12.1 Å². The highest BCUT2D eigenvalue weighted by molar-refractivity contribution is 6.33. The second-order valence-electron chi connectivity index (χ2n) is 5.50. The Labute approximate surface area is 146 Å². The minimum Gasteiger partial charge on any atom is -0.365 e. The number of aliphatic hydroxyl groups is 1. The van der Waals surface area contributed by atoms with E-state index in [1.54, 1.807) is 24.3 Å². The van der Waals surface area contributed by atoms with Crippen LogP contribution < -0.4 is 0 Å². The maximum absolute atomic E-state index is 13.1. The SMILES string of the molecule is O=C(c1ccccc1Cl)N1N=C(C(F)(F)F)CC1(O)c1ccccc1. The Morgan fingerprint density at radius 1 is 1.12 bits per heavy atom. The summed E-state index contributed by atoms with van der Waals surface area (Å²) in [5.74, 6) is -0.920. The highest BCUT2D eigenvalue weighted by Gasteiger charge is 2.53. The lowest BCUT2D eigenvalue weighted by molar-refractivity contribution is -0.0815. The van der Waals surface area contributed by atoms with Crippen LogP contribution in [0.1, 0.15) is 22.3 Å². The van der Waals surface area contributed by atoms with E-state index in [1.165, 1.54) is 30.3 Å². The van der Waals surface area contributed by atoms with Crippen LogP contribution in [0.5, 0.6) is 0 Å². The first-order valence-corrected chi connectivity index (χ1v) is 7.63. The number of amides is 1. The number of alkyl halides is 3. The van der Waals surface area contributed by atoms with Crippen molar-refractivity contribution in [3.05, 3.63) is 70.7 Å². The normalized spacial score (nSPS) is 20.5. The Morgan fingerprint density at radius 2 is 1.72 bits per heavy atom. The van der Waals surface area contributed by atoms with Gasteiger partial charge in [0.05, 0.1) is 17.0 Å². The molecule has 130 valence electrons. The summed E-state index contributed by atoms with van der Waals surface area (Å²) in [5, 5.41) is 14.8. The van der Waals surface area contributed by atoms with E-state index in [-0.39, 0.29) is 16.1 Å². The molecule has 3 rings (SSSR count). The molecule has 0 saturated carbocycles. The van der Waals surface area contributed by atoms with E-state index in [0.29, 0.717) is 5.01 Å². The molecular formula is C17H12ClF3N2O2. The predicted octanol–water partition coefficient (Wildman–Crippen LogP) is 3.95. The largest absolute Gasteiger partial charge is 0.431 e. The standard InChI is InChI=1S/C17H12ClF3N2O2/c18-13-9-5-4-8-12(13)15(24)23-16(25,11-6-2-1-3-7-11)10-14(22-23)17(19,20)21/h1-9,25H,10H2. The number of benzene rings is 2. The van der Waals surface area contributed by atoms with E-state index < -0.39 is 29.9 Å². The van der Waals surface area contributed by atoms with Gasteiger partial charge in [0.2, 0.25) is 0 Å². The van der Waals surface area contributed by atoms with Gasteiger partial charge in [0.25, 0.3) is 5.91 Å². The lowest BCUT2D eigenvalue weighted by Gasteiger charge is -2.31. The zero-order valence-electron chi connectivity index (χ0n) is 12.7. The highest BCUT2D eigenvalue weighted by atomic mass is 35.5. The van der Waals surface area contributed by atoms with Gasteiger partial charge in [0.15, 0.2) is 5.72 Å². The predicted molar refractivity (Wildman–Crippen MR) is 86.1 cm³/mol. The first-order chi connectivity index (χ1) is 11.7. The fourth-order valence-corrected chi connectivity index (χ4v) is 2.81. The van der Waals surface area contributed by atoms with Crippen LogP contribution in [0.3, 0.4) is 0 Å². The summed E-state index contributed by atoms with van der Waals surface area (Å²) in [4.78, 5) is 12.7. The van der Waals surface area contributed by atoms with Crippen LogP contribution in [0.2, 0.25) is 5.02 Å². The van der Waals surface area contributed by atoms with Gasteiger partial charge in [0, 0.05) is 5.56 Å². The highest BCUT2D eigenvalue weighted by Crippen LogP contribution is 2.40. The first-order valence-electron chi connectivity index (χ1n) is 7.25. The summed E-state index contributed by atoms with van der Waals surface area (Å²) in [5.41, 5.74) is -3.41. The second-order valence-corrected chi connectivity index (χ2v) is 5.91. The zero-order valence-corrected chi connectivity index (χ0v) is 13.4. The van der Waals surface area contributed by atoms with Crippen molar-refractivity contribution in [3.63, 3.8) is 0 Å². The number of rotatable bonds is 2. The van der Waals surface area contributed by atoms with Crippen molar-refractivity contribution in [2.24, 2.45) is 5.10 Å². The monoisotopic (exact) mass is 368 g/mol. The summed E-state index contributed by atoms with van der Waals surface area (Å²) in [6, 6.07) is 13.5. The summed E-state index contributed by atoms with van der Waals surface area (Å²) >= 11 is 5.96. The average Bonchev–Trinajstić information content (AvgIpc) is 2.95. The molecule has 0 spiro atoms. The lowest BCUT2D eigenvalue weighted by Crippen LogP contribution is -2.43. The Morgan fingerprint density at radius 3 is 2.32 bits per heavy atom. The molecular weight excluding hydrogens is 357 g/mol. The summed E-state index contributed by atoms with van der Waals surface area (Å²) in [6.45, 7) is 0. The third-order valence-electron chi connectivity index (χ3n) is 3.85. The quantitative estimate of drug-likeness (QED) is 0.872. The summed E-state index contributed by atoms with van der Waals surface area (Å²) in [6.07, 6.45) is -5.63. The van der Waals surface area contributed by atoms with E-state index >= 15 is 0 Å². The molecule has 2 aromatic carbocycles. The average molecular weight is 369 g/mol. The third kappa shape index (κ3) is 3.12. The van der Waals surface area contributed by atoms with Crippen LogP contribution in [-0.4, -0.2) is 27.9 Å². The fraction of sp³-hybridized carbons (Fsp3) is 0.176. The van der Waals surface area contributed by atoms with Crippen molar-refractivity contribution in [1.29, 1.82) is 0 Å². The molecule has 0 aromatic heterocycles. The zero-order chi connectivity index (χ0) is 18.2. The maximum Gasteiger partial charge on any atom is 0.431 e. The molecule has 1 N–H and O–H groups in total. The van der Waals surface area contributed by atoms with Crippen LogP contribution in [-0.2, 0) is 5.72 Å². The maximum atomic E-state index is 13.1. The molecule has 1 unspecified atom stereocenters. The van der Waals surface area contributed by atoms with Gasteiger partial charge in [-0.2, -0.15) is 23.3 Å². The number of carbonyl (C=O) groups is 1. The molecule has 1 atom stereocenters. The molecule has 0 aliphatic carbocycles. The lowest BCUT2D eigenvalue weighted by atomic mass is 9.96. The number of hydrogen-bond acceptors (Lipinski definition) is 3. The number of hydrazone groups is 1. The number of hydrogen-bond donors (Lipinski definition) is 1. The Hall–Kier alpha value is -2.38. The molecule has 1 aliphatic heterocycles. The van der Waals surface area contributed by atoms with Gasteiger partial charge in [-0.3, -0.25) is 4.79 Å². The van der Waals surface area contributed by atoms with Crippen molar-refractivity contribution < 1.29 is 23.1 Å². The van der Waals surface area contributed by atoms with E-state index in [9.17, 15) is 23.1 Å². The minimum absolute atomic E-state index is 0.0503. The van der Waals surface area contributed by atoms with Crippen molar-refractivity contribution in [3.8, 4) is 0 Å². The van der Waals surface area contributed by atoms with Crippen LogP contribution in [0.15, 0.2) is 59.7 Å². The molecule has 25 heavy (non-hydrogen) atoms. The molecule has 1 heterocycles. The van der Waals surface area contributed by atoms with Crippen LogP contribution in [0, 0.1) is 0 Å². The van der Waals surface area contributed by atoms with Gasteiger partial charge in [-0.25, -0.2) is 0 Å². The summed E-state index contributed by atoms with van der Waals surface area (Å²) in [7, 11) is 0. The fourth-order valence-electron chi connectivity index (χ4n) is 2.60. The van der Waals surface area contributed by atoms with Gasteiger partial charge >= 0.3 is 6.18 Å².